The third-order valence-electron chi connectivity index (χ3n) is 12.2. The van der Waals surface area contributed by atoms with Gasteiger partial charge in [0.1, 0.15) is 35.3 Å². The molecule has 16 heteroatoms. The van der Waals surface area contributed by atoms with Crippen LogP contribution in [0.5, 0.6) is 11.6 Å². The van der Waals surface area contributed by atoms with Crippen molar-refractivity contribution in [2.75, 3.05) is 13.7 Å². The maximum atomic E-state index is 15.2. The number of carboxylic acid groups (broad SMARTS) is 1. The summed E-state index contributed by atoms with van der Waals surface area (Å²) < 4.78 is 54.3. The summed E-state index contributed by atoms with van der Waals surface area (Å²) in [4.78, 5) is 64.3. The van der Waals surface area contributed by atoms with E-state index in [1.807, 2.05) is 32.1 Å². The zero-order valence-corrected chi connectivity index (χ0v) is 35.6. The number of methoxy groups -OCH3 is 1. The molecular formula is C44H54FN5O9S. The number of rotatable bonds is 8. The maximum absolute atomic E-state index is 15.2. The molecule has 7 rings (SSSR count). The predicted octanol–water partition coefficient (Wildman–Crippen LogP) is 6.04. The summed E-state index contributed by atoms with van der Waals surface area (Å²) in [7, 11) is -2.41. The van der Waals surface area contributed by atoms with Crippen LogP contribution in [0.15, 0.2) is 60.7 Å². The Hall–Kier alpha value is -5.25. The highest BCUT2D eigenvalue weighted by atomic mass is 32.2. The van der Waals surface area contributed by atoms with E-state index in [-0.39, 0.29) is 31.2 Å². The molecule has 2 aliphatic heterocycles. The van der Waals surface area contributed by atoms with Gasteiger partial charge in [-0.25, -0.2) is 22.6 Å². The molecule has 4 aliphatic rings. The minimum absolute atomic E-state index is 0.0592. The normalized spacial score (nSPS) is 28.0. The summed E-state index contributed by atoms with van der Waals surface area (Å²) in [6.45, 7) is 8.92. The molecule has 0 radical (unpaired) electrons. The molecule has 3 heterocycles. The lowest BCUT2D eigenvalue weighted by atomic mass is 9.85. The second-order valence-electron chi connectivity index (χ2n) is 17.9. The molecule has 3 fully saturated rings. The molecule has 1 saturated heterocycles. The fraction of sp³-hybridized carbons (Fsp3) is 0.523. The fourth-order valence-electron chi connectivity index (χ4n) is 8.81. The lowest BCUT2D eigenvalue weighted by Gasteiger charge is -2.43. The van der Waals surface area contributed by atoms with Gasteiger partial charge in [0.05, 0.1) is 24.6 Å². The maximum Gasteiger partial charge on any atom is 0.408 e. The number of nitrogens with zero attached hydrogens (tertiary/aromatic N) is 3. The molecule has 322 valence electrons. The zero-order chi connectivity index (χ0) is 43.3. The van der Waals surface area contributed by atoms with Crippen molar-refractivity contribution < 1.29 is 46.6 Å². The van der Waals surface area contributed by atoms with Crippen molar-refractivity contribution in [2.24, 2.45) is 17.8 Å². The van der Waals surface area contributed by atoms with Gasteiger partial charge < -0.3 is 24.8 Å². The van der Waals surface area contributed by atoms with E-state index in [2.05, 4.69) is 10.0 Å². The Kier molecular flexibility index (Phi) is 11.7. The first-order chi connectivity index (χ1) is 28.3. The van der Waals surface area contributed by atoms with Crippen molar-refractivity contribution in [1.29, 1.82) is 0 Å². The number of ether oxygens (including phenoxy) is 2. The Morgan fingerprint density at radius 2 is 1.77 bits per heavy atom. The molecule has 0 bridgehead atoms. The van der Waals surface area contributed by atoms with E-state index in [9.17, 15) is 32.3 Å². The van der Waals surface area contributed by atoms with E-state index < -0.39 is 86.0 Å². The Labute approximate surface area is 349 Å². The second-order valence-corrected chi connectivity index (χ2v) is 19.9. The van der Waals surface area contributed by atoms with Gasteiger partial charge in [-0.05, 0) is 125 Å². The SMILES string of the molecule is COc1ccc2c(O[C@@H]3C[C@H]4C(=O)N[C@]5(C(=O)NS(=O)(=O)C6CC6)C[C@H]5/C=C\CC[C@@H](C)C[C@@H](C)[C@H](N(C(=O)O)C(C)(C)C)C(=O)N4C3)nc(-c3ccc(F)cc3)cc2c1. The molecule has 7 atom stereocenters. The van der Waals surface area contributed by atoms with E-state index in [0.29, 0.717) is 59.9 Å². The van der Waals surface area contributed by atoms with Gasteiger partial charge in [-0.1, -0.05) is 26.0 Å². The highest BCUT2D eigenvalue weighted by molar-refractivity contribution is 7.91. The van der Waals surface area contributed by atoms with Gasteiger partial charge in [-0.15, -0.1) is 0 Å². The fourth-order valence-corrected chi connectivity index (χ4v) is 10.2. The van der Waals surface area contributed by atoms with Crippen LogP contribution in [0.25, 0.3) is 22.0 Å². The summed E-state index contributed by atoms with van der Waals surface area (Å²) in [6.07, 6.45) is 4.48. The number of hydrogen-bond donors (Lipinski definition) is 3. The summed E-state index contributed by atoms with van der Waals surface area (Å²) in [6, 6.07) is 10.6. The highest BCUT2D eigenvalue weighted by Crippen LogP contribution is 2.46. The van der Waals surface area contributed by atoms with Crippen LogP contribution in [0.2, 0.25) is 0 Å². The molecule has 60 heavy (non-hydrogen) atoms. The lowest BCUT2D eigenvalue weighted by Crippen LogP contribution is -2.62. The van der Waals surface area contributed by atoms with E-state index >= 15 is 4.79 Å². The number of nitrogens with one attached hydrogen (secondary N) is 2. The van der Waals surface area contributed by atoms with Crippen molar-refractivity contribution in [3.63, 3.8) is 0 Å². The Balaban J connectivity index is 1.29. The summed E-state index contributed by atoms with van der Waals surface area (Å²) >= 11 is 0. The monoisotopic (exact) mass is 847 g/mol. The third kappa shape index (κ3) is 8.79. The Bertz CT molecular complexity index is 2310. The smallest absolute Gasteiger partial charge is 0.408 e. The standard InChI is InChI=1S/C44H54FN5O9S/c1-25-9-7-8-10-29-23-44(29,41(53)48-60(56,57)33-16-17-33)47-38(51)36-22-32(24-49(36)40(52)37(26(2)19-25)50(42(54)55)43(3,4)5)59-39-34-18-15-31(58-6)20-28(34)21-35(46-39)27-11-13-30(45)14-12-27/h8,10-15,18,20-21,25-26,29,32-33,36-37H,7,9,16-17,19,22-24H2,1-6H3,(H,47,51)(H,48,53)(H,54,55)/b10-8-/t25-,26-,29-,32-,36+,37+,44-/m1/s1. The number of fused-ring (bicyclic) bond motifs is 3. The molecular weight excluding hydrogens is 794 g/mol. The molecule has 0 unspecified atom stereocenters. The minimum atomic E-state index is -3.95. The number of benzene rings is 2. The molecule has 2 saturated carbocycles. The number of allylic oxidation sites excluding steroid dienone is 1. The number of sulfonamides is 1. The zero-order valence-electron chi connectivity index (χ0n) is 34.8. The molecule has 2 aromatic carbocycles. The van der Waals surface area contributed by atoms with E-state index in [1.165, 1.54) is 17.0 Å². The summed E-state index contributed by atoms with van der Waals surface area (Å²) in [5, 5.41) is 14.2. The summed E-state index contributed by atoms with van der Waals surface area (Å²) in [5.41, 5.74) is -1.51. The van der Waals surface area contributed by atoms with Crippen molar-refractivity contribution >= 4 is 44.6 Å². The molecule has 14 nitrogen and oxygen atoms in total. The number of carbonyl (C=O) groups is 4. The summed E-state index contributed by atoms with van der Waals surface area (Å²) in [5.74, 6) is -2.66. The molecule has 3 aromatic rings. The van der Waals surface area contributed by atoms with E-state index in [1.54, 1.807) is 58.2 Å². The largest absolute Gasteiger partial charge is 0.497 e. The predicted molar refractivity (Wildman–Crippen MR) is 222 cm³/mol. The molecule has 3 N–H and O–H groups in total. The van der Waals surface area contributed by atoms with E-state index in [4.69, 9.17) is 14.5 Å². The first kappa shape index (κ1) is 42.9. The van der Waals surface area contributed by atoms with Gasteiger partial charge in [0, 0.05) is 28.8 Å². The van der Waals surface area contributed by atoms with Crippen LogP contribution < -0.4 is 19.5 Å². The first-order valence-corrected chi connectivity index (χ1v) is 22.1. The van der Waals surface area contributed by atoms with Crippen molar-refractivity contribution in [3.8, 4) is 22.9 Å². The molecule has 1 aromatic heterocycles. The van der Waals surface area contributed by atoms with Gasteiger partial charge in [0.2, 0.25) is 27.7 Å². The van der Waals surface area contributed by atoms with E-state index in [0.717, 1.165) is 4.90 Å². The van der Waals surface area contributed by atoms with Crippen LogP contribution in [-0.2, 0) is 24.4 Å². The average Bonchev–Trinajstić information content (AvgIpc) is 4.11. The van der Waals surface area contributed by atoms with Crippen LogP contribution in [0.1, 0.15) is 79.6 Å². The number of hydrogen-bond acceptors (Lipinski definition) is 9. The topological polar surface area (TPSA) is 185 Å². The highest BCUT2D eigenvalue weighted by Gasteiger charge is 2.62. The van der Waals surface area contributed by atoms with Crippen LogP contribution in [-0.4, -0.2) is 100 Å². The van der Waals surface area contributed by atoms with Crippen molar-refractivity contribution in [1.82, 2.24) is 24.8 Å². The van der Waals surface area contributed by atoms with Gasteiger partial charge in [0.15, 0.2) is 0 Å². The van der Waals surface area contributed by atoms with Gasteiger partial charge >= 0.3 is 6.09 Å². The van der Waals surface area contributed by atoms with Crippen LogP contribution in [0, 0.1) is 23.6 Å². The Morgan fingerprint density at radius 3 is 2.42 bits per heavy atom. The van der Waals surface area contributed by atoms with Crippen LogP contribution in [0.3, 0.4) is 0 Å². The number of aromatic nitrogens is 1. The van der Waals surface area contributed by atoms with Crippen molar-refractivity contribution in [2.45, 2.75) is 114 Å². The lowest BCUT2D eigenvalue weighted by molar-refractivity contribution is -0.146. The molecule has 2 aliphatic carbocycles. The van der Waals surface area contributed by atoms with Crippen LogP contribution >= 0.6 is 0 Å². The molecule has 0 spiro atoms. The number of carbonyl (C=O) groups excluding carboxylic acids is 3. The minimum Gasteiger partial charge on any atom is -0.497 e. The van der Waals surface area contributed by atoms with Gasteiger partial charge in [0.25, 0.3) is 5.91 Å². The number of halogens is 1. The second kappa shape index (κ2) is 16.3. The van der Waals surface area contributed by atoms with Crippen molar-refractivity contribution in [3.05, 3.63) is 66.5 Å². The first-order valence-electron chi connectivity index (χ1n) is 20.6. The quantitative estimate of drug-likeness (QED) is 0.226. The number of amides is 4. The molecule has 4 amide bonds. The average molecular weight is 848 g/mol. The van der Waals surface area contributed by atoms with Crippen LogP contribution in [0.4, 0.5) is 9.18 Å². The number of pyridine rings is 1. The van der Waals surface area contributed by atoms with Gasteiger partial charge in [-0.3, -0.25) is 24.0 Å². The van der Waals surface area contributed by atoms with Gasteiger partial charge in [-0.2, -0.15) is 0 Å². The Morgan fingerprint density at radius 1 is 1.05 bits per heavy atom. The third-order valence-corrected chi connectivity index (χ3v) is 14.0.